The third-order valence-corrected chi connectivity index (χ3v) is 4.62. The second-order valence-corrected chi connectivity index (χ2v) is 6.77. The molecular weight excluding hydrogens is 250 g/mol. The Kier molecular flexibility index (Phi) is 8.03. The molecule has 1 fully saturated rings. The fourth-order valence-corrected chi connectivity index (χ4v) is 3.16. The van der Waals surface area contributed by atoms with E-state index in [1.165, 1.54) is 45.3 Å². The maximum Gasteiger partial charge on any atom is 0.0610 e. The van der Waals surface area contributed by atoms with Gasteiger partial charge in [0.15, 0.2) is 0 Å². The van der Waals surface area contributed by atoms with E-state index in [0.29, 0.717) is 0 Å². The van der Waals surface area contributed by atoms with Crippen LogP contribution in [-0.4, -0.2) is 73.4 Å². The van der Waals surface area contributed by atoms with Gasteiger partial charge in [0.05, 0.1) is 6.61 Å². The highest BCUT2D eigenvalue weighted by molar-refractivity contribution is 4.82. The lowest BCUT2D eigenvalue weighted by Crippen LogP contribution is -2.46. The molecule has 1 heterocycles. The molecule has 0 aromatic carbocycles. The van der Waals surface area contributed by atoms with Crippen LogP contribution in [0, 0.1) is 0 Å². The van der Waals surface area contributed by atoms with E-state index in [-0.39, 0.29) is 12.1 Å². The second kappa shape index (κ2) is 8.98. The van der Waals surface area contributed by atoms with Gasteiger partial charge in [0.2, 0.25) is 0 Å². The van der Waals surface area contributed by atoms with E-state index in [2.05, 4.69) is 43.1 Å². The fourth-order valence-electron chi connectivity index (χ4n) is 3.16. The van der Waals surface area contributed by atoms with E-state index in [0.717, 1.165) is 19.0 Å². The molecule has 1 aliphatic rings. The number of nitrogens with zero attached hydrogens (tertiary/aromatic N) is 2. The number of aliphatic hydroxyl groups is 1. The van der Waals surface area contributed by atoms with Crippen LogP contribution in [0.3, 0.4) is 0 Å². The molecule has 20 heavy (non-hydrogen) atoms. The Hall–Kier alpha value is -0.160. The van der Waals surface area contributed by atoms with Crippen molar-refractivity contribution < 1.29 is 5.11 Å². The average Bonchev–Trinajstić information content (AvgIpc) is 2.44. The van der Waals surface area contributed by atoms with Crippen molar-refractivity contribution in [2.75, 3.05) is 46.9 Å². The minimum atomic E-state index is -0.0944. The quantitative estimate of drug-likeness (QED) is 0.630. The largest absolute Gasteiger partial charge is 0.394 e. The normalized spacial score (nSPS) is 24.0. The number of piperidine rings is 1. The average molecular weight is 285 g/mol. The summed E-state index contributed by atoms with van der Waals surface area (Å²) in [6, 6.07) is 0.730. The highest BCUT2D eigenvalue weighted by atomic mass is 16.3. The smallest absolute Gasteiger partial charge is 0.0610 e. The Morgan fingerprint density at radius 2 is 2.10 bits per heavy atom. The number of unbranched alkanes of at least 4 members (excludes halogenated alkanes) is 1. The van der Waals surface area contributed by atoms with Gasteiger partial charge >= 0.3 is 0 Å². The number of rotatable bonds is 9. The van der Waals surface area contributed by atoms with Gasteiger partial charge in [-0.05, 0) is 66.3 Å². The first-order chi connectivity index (χ1) is 9.50. The zero-order chi connectivity index (χ0) is 15.0. The highest BCUT2D eigenvalue weighted by Gasteiger charge is 2.23. The first kappa shape index (κ1) is 17.9. The lowest BCUT2D eigenvalue weighted by Gasteiger charge is -2.36. The summed E-state index contributed by atoms with van der Waals surface area (Å²) >= 11 is 0. The third kappa shape index (κ3) is 6.08. The summed E-state index contributed by atoms with van der Waals surface area (Å²) in [5.41, 5.74) is -0.0944. The van der Waals surface area contributed by atoms with Crippen molar-refractivity contribution in [1.29, 1.82) is 0 Å². The predicted molar refractivity (Wildman–Crippen MR) is 86.2 cm³/mol. The van der Waals surface area contributed by atoms with Gasteiger partial charge in [-0.25, -0.2) is 0 Å². The molecule has 1 saturated heterocycles. The van der Waals surface area contributed by atoms with Gasteiger partial charge in [0.1, 0.15) is 0 Å². The monoisotopic (exact) mass is 285 g/mol. The van der Waals surface area contributed by atoms with Crippen LogP contribution in [0.1, 0.15) is 46.0 Å². The SMILES string of the molecule is CCNC(C)(CO)CCCCN1CCCC(N(C)C)C1. The van der Waals surface area contributed by atoms with Crippen molar-refractivity contribution in [3.8, 4) is 0 Å². The number of hydrogen-bond donors (Lipinski definition) is 2. The van der Waals surface area contributed by atoms with Crippen molar-refractivity contribution in [3.63, 3.8) is 0 Å². The Morgan fingerprint density at radius 3 is 2.70 bits per heavy atom. The number of likely N-dealkylation sites (N-methyl/N-ethyl adjacent to an activating group) is 2. The molecule has 2 N–H and O–H groups in total. The summed E-state index contributed by atoms with van der Waals surface area (Å²) in [4.78, 5) is 4.97. The summed E-state index contributed by atoms with van der Waals surface area (Å²) in [5, 5.41) is 12.9. The van der Waals surface area contributed by atoms with E-state index in [1.807, 2.05) is 0 Å². The molecule has 0 aliphatic carbocycles. The molecule has 1 aliphatic heterocycles. The molecule has 0 radical (unpaired) electrons. The molecule has 0 bridgehead atoms. The fraction of sp³-hybridized carbons (Fsp3) is 1.00. The molecule has 0 aromatic rings. The third-order valence-electron chi connectivity index (χ3n) is 4.62. The van der Waals surface area contributed by atoms with Gasteiger partial charge in [-0.2, -0.15) is 0 Å². The van der Waals surface area contributed by atoms with Crippen molar-refractivity contribution in [1.82, 2.24) is 15.1 Å². The minimum Gasteiger partial charge on any atom is -0.394 e. The van der Waals surface area contributed by atoms with E-state index in [4.69, 9.17) is 0 Å². The summed E-state index contributed by atoms with van der Waals surface area (Å²) in [5.74, 6) is 0. The Balaban J connectivity index is 2.20. The molecule has 0 saturated carbocycles. The van der Waals surface area contributed by atoms with Gasteiger partial charge in [-0.3, -0.25) is 0 Å². The molecule has 2 atom stereocenters. The Morgan fingerprint density at radius 1 is 1.35 bits per heavy atom. The maximum absolute atomic E-state index is 9.48. The summed E-state index contributed by atoms with van der Waals surface area (Å²) < 4.78 is 0. The van der Waals surface area contributed by atoms with Gasteiger partial charge in [0.25, 0.3) is 0 Å². The number of hydrogen-bond acceptors (Lipinski definition) is 4. The van der Waals surface area contributed by atoms with Crippen molar-refractivity contribution in [2.24, 2.45) is 0 Å². The summed E-state index contributed by atoms with van der Waals surface area (Å²) in [6.45, 7) is 9.06. The van der Waals surface area contributed by atoms with Crippen molar-refractivity contribution in [3.05, 3.63) is 0 Å². The summed E-state index contributed by atoms with van der Waals surface area (Å²) in [6.07, 6.45) is 6.15. The number of aliphatic hydroxyl groups excluding tert-OH is 1. The van der Waals surface area contributed by atoms with E-state index in [1.54, 1.807) is 0 Å². The zero-order valence-corrected chi connectivity index (χ0v) is 14.0. The highest BCUT2D eigenvalue weighted by Crippen LogP contribution is 2.16. The van der Waals surface area contributed by atoms with Crippen LogP contribution in [0.2, 0.25) is 0 Å². The molecule has 4 nitrogen and oxygen atoms in total. The van der Waals surface area contributed by atoms with Gasteiger partial charge in [-0.15, -0.1) is 0 Å². The molecule has 2 unspecified atom stereocenters. The lowest BCUT2D eigenvalue weighted by molar-refractivity contribution is 0.127. The molecule has 1 rings (SSSR count). The van der Waals surface area contributed by atoms with Gasteiger partial charge < -0.3 is 20.2 Å². The maximum atomic E-state index is 9.48. The Bertz CT molecular complexity index is 260. The second-order valence-electron chi connectivity index (χ2n) is 6.77. The van der Waals surface area contributed by atoms with Crippen LogP contribution < -0.4 is 5.32 Å². The van der Waals surface area contributed by atoms with Crippen LogP contribution in [0.15, 0.2) is 0 Å². The van der Waals surface area contributed by atoms with Crippen molar-refractivity contribution in [2.45, 2.75) is 57.5 Å². The minimum absolute atomic E-state index is 0.0944. The first-order valence-corrected chi connectivity index (χ1v) is 8.25. The van der Waals surface area contributed by atoms with Crippen LogP contribution in [-0.2, 0) is 0 Å². The van der Waals surface area contributed by atoms with E-state index in [9.17, 15) is 5.11 Å². The molecular formula is C16H35N3O. The number of likely N-dealkylation sites (tertiary alicyclic amines) is 1. The van der Waals surface area contributed by atoms with Crippen LogP contribution >= 0.6 is 0 Å². The molecule has 0 amide bonds. The molecule has 4 heteroatoms. The standard InChI is InChI=1S/C16H35N3O/c1-5-17-16(2,14-20)10-6-7-11-19-12-8-9-15(13-19)18(3)4/h15,17,20H,5-14H2,1-4H3. The molecule has 0 spiro atoms. The van der Waals surface area contributed by atoms with Gasteiger partial charge in [0, 0.05) is 18.1 Å². The zero-order valence-electron chi connectivity index (χ0n) is 14.0. The molecule has 0 aromatic heterocycles. The van der Waals surface area contributed by atoms with E-state index >= 15 is 0 Å². The lowest BCUT2D eigenvalue weighted by atomic mass is 9.95. The topological polar surface area (TPSA) is 38.7 Å². The first-order valence-electron chi connectivity index (χ1n) is 8.25. The van der Waals surface area contributed by atoms with Gasteiger partial charge in [-0.1, -0.05) is 13.3 Å². The summed E-state index contributed by atoms with van der Waals surface area (Å²) in [7, 11) is 4.38. The van der Waals surface area contributed by atoms with Crippen LogP contribution in [0.4, 0.5) is 0 Å². The predicted octanol–water partition coefficient (Wildman–Crippen LogP) is 1.54. The Labute approximate surface area is 125 Å². The molecule has 120 valence electrons. The van der Waals surface area contributed by atoms with Crippen LogP contribution in [0.25, 0.3) is 0 Å². The van der Waals surface area contributed by atoms with Crippen LogP contribution in [0.5, 0.6) is 0 Å². The number of nitrogens with one attached hydrogen (secondary N) is 1. The van der Waals surface area contributed by atoms with Crippen molar-refractivity contribution >= 4 is 0 Å². The van der Waals surface area contributed by atoms with E-state index < -0.39 is 0 Å².